The van der Waals surface area contributed by atoms with Crippen LogP contribution in [0.25, 0.3) is 0 Å². The van der Waals surface area contributed by atoms with Gasteiger partial charge in [0.05, 0.1) is 33.5 Å². The van der Waals surface area contributed by atoms with Gasteiger partial charge in [-0.15, -0.1) is 0 Å². The zero-order valence-electron chi connectivity index (χ0n) is 16.0. The Balaban J connectivity index is 2.09. The molecule has 1 unspecified atom stereocenters. The van der Waals surface area contributed by atoms with Crippen LogP contribution in [0.4, 0.5) is 0 Å². The maximum Gasteiger partial charge on any atom is 0.220 e. The predicted molar refractivity (Wildman–Crippen MR) is 101 cm³/mol. The van der Waals surface area contributed by atoms with Crippen molar-refractivity contribution in [3.63, 3.8) is 0 Å². The molecule has 146 valence electrons. The molecule has 2 N–H and O–H groups in total. The molecule has 26 heavy (non-hydrogen) atoms. The summed E-state index contributed by atoms with van der Waals surface area (Å²) in [4.78, 5) is 14.5. The van der Waals surface area contributed by atoms with Crippen molar-refractivity contribution < 1.29 is 19.0 Å². The Kier molecular flexibility index (Phi) is 8.67. The maximum absolute atomic E-state index is 12.1. The summed E-state index contributed by atoms with van der Waals surface area (Å²) in [5.74, 6) is 1.48. The fourth-order valence-electron chi connectivity index (χ4n) is 3.13. The Labute approximate surface area is 156 Å². The van der Waals surface area contributed by atoms with Gasteiger partial charge in [0.1, 0.15) is 0 Å². The van der Waals surface area contributed by atoms with Crippen molar-refractivity contribution in [1.82, 2.24) is 15.5 Å². The van der Waals surface area contributed by atoms with E-state index < -0.39 is 0 Å². The number of carbonyl (C=O) groups excluding carboxylic acids is 1. The molecule has 0 aromatic heterocycles. The fourth-order valence-corrected chi connectivity index (χ4v) is 3.13. The molecule has 1 fully saturated rings. The highest BCUT2D eigenvalue weighted by Crippen LogP contribution is 2.32. The molecule has 1 heterocycles. The van der Waals surface area contributed by atoms with Gasteiger partial charge in [-0.25, -0.2) is 0 Å². The van der Waals surface area contributed by atoms with Gasteiger partial charge in [0, 0.05) is 26.1 Å². The third kappa shape index (κ3) is 5.86. The van der Waals surface area contributed by atoms with Gasteiger partial charge >= 0.3 is 0 Å². The predicted octanol–water partition coefficient (Wildman–Crippen LogP) is 1.19. The molecule has 1 aliphatic rings. The van der Waals surface area contributed by atoms with Gasteiger partial charge < -0.3 is 24.8 Å². The standard InChI is InChI=1S/C19H31N3O4/c1-20-8-4-5-19(23)21-14-16(22-9-11-26-12-10-22)15-6-7-17(24-2)18(13-15)25-3/h6-7,13,16,20H,4-5,8-12,14H2,1-3H3,(H,21,23). The van der Waals surface area contributed by atoms with E-state index in [1.54, 1.807) is 14.2 Å². The summed E-state index contributed by atoms with van der Waals surface area (Å²) in [5.41, 5.74) is 1.10. The van der Waals surface area contributed by atoms with Gasteiger partial charge in [0.15, 0.2) is 11.5 Å². The van der Waals surface area contributed by atoms with Gasteiger partial charge in [-0.1, -0.05) is 6.07 Å². The van der Waals surface area contributed by atoms with E-state index in [0.717, 1.165) is 31.6 Å². The zero-order chi connectivity index (χ0) is 18.8. The van der Waals surface area contributed by atoms with Crippen LogP contribution in [0.15, 0.2) is 18.2 Å². The second-order valence-electron chi connectivity index (χ2n) is 6.29. The number of benzene rings is 1. The number of hydrogen-bond donors (Lipinski definition) is 2. The van der Waals surface area contributed by atoms with E-state index in [-0.39, 0.29) is 11.9 Å². The minimum atomic E-state index is 0.0759. The summed E-state index contributed by atoms with van der Waals surface area (Å²) in [6, 6.07) is 6.02. The lowest BCUT2D eigenvalue weighted by Gasteiger charge is -2.35. The average Bonchev–Trinajstić information content (AvgIpc) is 2.69. The van der Waals surface area contributed by atoms with E-state index in [4.69, 9.17) is 14.2 Å². The highest BCUT2D eigenvalue weighted by Gasteiger charge is 2.24. The van der Waals surface area contributed by atoms with Gasteiger partial charge in [-0.2, -0.15) is 0 Å². The third-order valence-corrected chi connectivity index (χ3v) is 4.60. The van der Waals surface area contributed by atoms with Crippen molar-refractivity contribution in [1.29, 1.82) is 0 Å². The Morgan fingerprint density at radius 3 is 2.62 bits per heavy atom. The monoisotopic (exact) mass is 365 g/mol. The highest BCUT2D eigenvalue weighted by molar-refractivity contribution is 5.75. The molecule has 1 saturated heterocycles. The van der Waals surface area contributed by atoms with E-state index in [9.17, 15) is 4.79 Å². The van der Waals surface area contributed by atoms with Crippen molar-refractivity contribution in [3.05, 3.63) is 23.8 Å². The van der Waals surface area contributed by atoms with E-state index >= 15 is 0 Å². The van der Waals surface area contributed by atoms with Crippen LogP contribution in [-0.4, -0.2) is 71.5 Å². The molecular formula is C19H31N3O4. The van der Waals surface area contributed by atoms with Crippen molar-refractivity contribution in [2.45, 2.75) is 18.9 Å². The Bertz CT molecular complexity index is 562. The lowest BCUT2D eigenvalue weighted by atomic mass is 10.0. The van der Waals surface area contributed by atoms with Crippen LogP contribution in [0.3, 0.4) is 0 Å². The van der Waals surface area contributed by atoms with Gasteiger partial charge in [-0.05, 0) is 37.7 Å². The SMILES string of the molecule is CNCCCC(=O)NCC(c1ccc(OC)c(OC)c1)N1CCOCC1. The fraction of sp³-hybridized carbons (Fsp3) is 0.632. The van der Waals surface area contributed by atoms with Crippen LogP contribution in [-0.2, 0) is 9.53 Å². The number of carbonyl (C=O) groups is 1. The zero-order valence-corrected chi connectivity index (χ0v) is 16.0. The summed E-state index contributed by atoms with van der Waals surface area (Å²) in [6.07, 6.45) is 1.36. The molecule has 1 aromatic carbocycles. The molecule has 0 saturated carbocycles. The number of hydrogen-bond acceptors (Lipinski definition) is 6. The highest BCUT2D eigenvalue weighted by atomic mass is 16.5. The number of nitrogens with one attached hydrogen (secondary N) is 2. The van der Waals surface area contributed by atoms with Crippen LogP contribution < -0.4 is 20.1 Å². The summed E-state index contributed by atoms with van der Waals surface area (Å²) in [7, 11) is 5.15. The number of ether oxygens (including phenoxy) is 3. The summed E-state index contributed by atoms with van der Waals surface area (Å²) in [5, 5.41) is 6.14. The normalized spacial score (nSPS) is 16.1. The molecule has 0 bridgehead atoms. The number of amides is 1. The smallest absolute Gasteiger partial charge is 0.220 e. The molecule has 1 atom stereocenters. The lowest BCUT2D eigenvalue weighted by Crippen LogP contribution is -2.43. The lowest BCUT2D eigenvalue weighted by molar-refractivity contribution is -0.121. The van der Waals surface area contributed by atoms with Crippen LogP contribution in [0.1, 0.15) is 24.4 Å². The second kappa shape index (κ2) is 11.0. The first-order chi connectivity index (χ1) is 12.7. The maximum atomic E-state index is 12.1. The first-order valence-corrected chi connectivity index (χ1v) is 9.14. The Hall–Kier alpha value is -1.83. The molecule has 1 amide bonds. The number of nitrogens with zero attached hydrogens (tertiary/aromatic N) is 1. The summed E-state index contributed by atoms with van der Waals surface area (Å²) >= 11 is 0. The third-order valence-electron chi connectivity index (χ3n) is 4.60. The summed E-state index contributed by atoms with van der Waals surface area (Å²) < 4.78 is 16.3. The van der Waals surface area contributed by atoms with Gasteiger partial charge in [0.25, 0.3) is 0 Å². The Morgan fingerprint density at radius 1 is 1.23 bits per heavy atom. The summed E-state index contributed by atoms with van der Waals surface area (Å²) in [6.45, 7) is 4.51. The molecule has 2 rings (SSSR count). The molecule has 7 nitrogen and oxygen atoms in total. The first-order valence-electron chi connectivity index (χ1n) is 9.14. The number of morpholine rings is 1. The molecule has 1 aliphatic heterocycles. The van der Waals surface area contributed by atoms with E-state index in [2.05, 4.69) is 15.5 Å². The Morgan fingerprint density at radius 2 is 1.96 bits per heavy atom. The molecule has 7 heteroatoms. The topological polar surface area (TPSA) is 72.1 Å². The minimum absolute atomic E-state index is 0.0759. The second-order valence-corrected chi connectivity index (χ2v) is 6.29. The van der Waals surface area contributed by atoms with Gasteiger partial charge in [-0.3, -0.25) is 9.69 Å². The van der Waals surface area contributed by atoms with Crippen LogP contribution in [0.5, 0.6) is 11.5 Å². The van der Waals surface area contributed by atoms with Crippen molar-refractivity contribution in [2.75, 3.05) is 60.7 Å². The minimum Gasteiger partial charge on any atom is -0.493 e. The van der Waals surface area contributed by atoms with Crippen molar-refractivity contribution in [3.8, 4) is 11.5 Å². The van der Waals surface area contributed by atoms with E-state index in [1.165, 1.54) is 0 Å². The molecule has 0 radical (unpaired) electrons. The first kappa shape index (κ1) is 20.5. The number of methoxy groups -OCH3 is 2. The van der Waals surface area contributed by atoms with Gasteiger partial charge in [0.2, 0.25) is 5.91 Å². The van der Waals surface area contributed by atoms with Crippen molar-refractivity contribution in [2.24, 2.45) is 0 Å². The number of rotatable bonds is 10. The average molecular weight is 365 g/mol. The van der Waals surface area contributed by atoms with Crippen LogP contribution >= 0.6 is 0 Å². The molecular weight excluding hydrogens is 334 g/mol. The van der Waals surface area contributed by atoms with E-state index in [1.807, 2.05) is 25.2 Å². The van der Waals surface area contributed by atoms with E-state index in [0.29, 0.717) is 37.7 Å². The van der Waals surface area contributed by atoms with Crippen LogP contribution in [0, 0.1) is 0 Å². The largest absolute Gasteiger partial charge is 0.493 e. The molecule has 1 aromatic rings. The molecule has 0 aliphatic carbocycles. The van der Waals surface area contributed by atoms with Crippen molar-refractivity contribution >= 4 is 5.91 Å². The quantitative estimate of drug-likeness (QED) is 0.607. The molecule has 0 spiro atoms. The van der Waals surface area contributed by atoms with Crippen LogP contribution in [0.2, 0.25) is 0 Å².